The number of nitrogens with zero attached hydrogens (tertiary/aromatic N) is 2. The first kappa shape index (κ1) is 15.1. The predicted octanol–water partition coefficient (Wildman–Crippen LogP) is 1.81. The molecule has 24 heavy (non-hydrogen) atoms. The van der Waals surface area contributed by atoms with Crippen LogP contribution in [0.5, 0.6) is 5.75 Å². The van der Waals surface area contributed by atoms with Crippen molar-refractivity contribution in [3.05, 3.63) is 59.9 Å². The highest BCUT2D eigenvalue weighted by Gasteiger charge is 2.34. The Morgan fingerprint density at radius 3 is 2.92 bits per heavy atom. The lowest BCUT2D eigenvalue weighted by Gasteiger charge is -2.39. The maximum atomic E-state index is 13.1. The van der Waals surface area contributed by atoms with Gasteiger partial charge in [0, 0.05) is 32.0 Å². The van der Waals surface area contributed by atoms with Crippen molar-refractivity contribution in [3.8, 4) is 5.75 Å². The molecule has 124 valence electrons. The third-order valence-electron chi connectivity index (χ3n) is 4.85. The number of aromatic nitrogens is 1. The fourth-order valence-electron chi connectivity index (χ4n) is 3.57. The van der Waals surface area contributed by atoms with Crippen molar-refractivity contribution >= 4 is 5.91 Å². The molecule has 3 heterocycles. The van der Waals surface area contributed by atoms with Gasteiger partial charge >= 0.3 is 0 Å². The number of carbonyl (C=O) groups excluding carboxylic acids is 1. The zero-order valence-corrected chi connectivity index (χ0v) is 13.5. The Hall–Kier alpha value is -2.40. The summed E-state index contributed by atoms with van der Waals surface area (Å²) >= 11 is 0. The van der Waals surface area contributed by atoms with Crippen molar-refractivity contribution < 1.29 is 9.53 Å². The van der Waals surface area contributed by atoms with Crippen molar-refractivity contribution in [2.24, 2.45) is 5.92 Å². The molecule has 2 unspecified atom stereocenters. The lowest BCUT2D eigenvalue weighted by Crippen LogP contribution is -2.51. The van der Waals surface area contributed by atoms with Crippen LogP contribution in [0, 0.1) is 5.92 Å². The van der Waals surface area contributed by atoms with Gasteiger partial charge in [-0.25, -0.2) is 0 Å². The lowest BCUT2D eigenvalue weighted by atomic mass is 9.94. The van der Waals surface area contributed by atoms with E-state index < -0.39 is 0 Å². The first-order chi connectivity index (χ1) is 11.8. The van der Waals surface area contributed by atoms with Crippen LogP contribution in [0.1, 0.15) is 17.2 Å². The first-order valence-electron chi connectivity index (χ1n) is 8.45. The van der Waals surface area contributed by atoms with Crippen LogP contribution in [0.4, 0.5) is 0 Å². The maximum absolute atomic E-state index is 13.1. The molecule has 2 atom stereocenters. The summed E-state index contributed by atoms with van der Waals surface area (Å²) in [4.78, 5) is 19.2. The average molecular weight is 323 g/mol. The summed E-state index contributed by atoms with van der Waals surface area (Å²) in [5.41, 5.74) is 2.25. The Morgan fingerprint density at radius 1 is 1.21 bits per heavy atom. The summed E-state index contributed by atoms with van der Waals surface area (Å²) in [6.07, 6.45) is 4.32. The topological polar surface area (TPSA) is 54.5 Å². The largest absolute Gasteiger partial charge is 0.492 e. The molecule has 0 aliphatic carbocycles. The summed E-state index contributed by atoms with van der Waals surface area (Å²) in [7, 11) is 0. The van der Waals surface area contributed by atoms with E-state index in [-0.39, 0.29) is 17.9 Å². The highest BCUT2D eigenvalue weighted by molar-refractivity contribution is 5.80. The number of pyridine rings is 1. The Balaban J connectivity index is 1.54. The van der Waals surface area contributed by atoms with Gasteiger partial charge < -0.3 is 15.0 Å². The van der Waals surface area contributed by atoms with Gasteiger partial charge in [-0.1, -0.05) is 18.2 Å². The van der Waals surface area contributed by atoms with E-state index in [9.17, 15) is 4.79 Å². The minimum atomic E-state index is -0.109. The molecule has 0 bridgehead atoms. The molecule has 4 rings (SSSR count). The van der Waals surface area contributed by atoms with Gasteiger partial charge in [0.2, 0.25) is 5.91 Å². The fraction of sp³-hybridized carbons (Fsp3) is 0.368. The number of amides is 1. The van der Waals surface area contributed by atoms with E-state index in [4.69, 9.17) is 4.74 Å². The van der Waals surface area contributed by atoms with Gasteiger partial charge in [-0.15, -0.1) is 0 Å². The molecular formula is C19H21N3O2. The normalized spacial score (nSPS) is 23.2. The van der Waals surface area contributed by atoms with Gasteiger partial charge in [-0.05, 0) is 35.7 Å². The molecule has 2 aromatic rings. The second-order valence-electron chi connectivity index (χ2n) is 6.35. The minimum Gasteiger partial charge on any atom is -0.492 e. The second-order valence-corrected chi connectivity index (χ2v) is 6.35. The van der Waals surface area contributed by atoms with Crippen LogP contribution >= 0.6 is 0 Å². The number of ether oxygens (including phenoxy) is 1. The van der Waals surface area contributed by atoms with E-state index in [1.54, 1.807) is 12.4 Å². The van der Waals surface area contributed by atoms with Gasteiger partial charge in [0.15, 0.2) is 0 Å². The van der Waals surface area contributed by atoms with Crippen LogP contribution in [0.15, 0.2) is 48.8 Å². The monoisotopic (exact) mass is 323 g/mol. The quantitative estimate of drug-likeness (QED) is 0.916. The SMILES string of the molecule is O=C(C1COc2ccccc2C1)N1CCNCC1c1ccncc1. The van der Waals surface area contributed by atoms with Gasteiger partial charge in [0.05, 0.1) is 12.0 Å². The van der Waals surface area contributed by atoms with E-state index in [1.165, 1.54) is 0 Å². The van der Waals surface area contributed by atoms with Crippen LogP contribution in [-0.4, -0.2) is 42.0 Å². The molecule has 1 aromatic carbocycles. The van der Waals surface area contributed by atoms with Gasteiger partial charge in [0.25, 0.3) is 0 Å². The number of rotatable bonds is 2. The maximum Gasteiger partial charge on any atom is 0.230 e. The first-order valence-corrected chi connectivity index (χ1v) is 8.45. The Kier molecular flexibility index (Phi) is 4.17. The summed E-state index contributed by atoms with van der Waals surface area (Å²) in [6, 6.07) is 12.0. The number of hydrogen-bond acceptors (Lipinski definition) is 4. The van der Waals surface area contributed by atoms with Crippen LogP contribution in [-0.2, 0) is 11.2 Å². The number of para-hydroxylation sites is 1. The molecule has 1 N–H and O–H groups in total. The molecule has 0 radical (unpaired) electrons. The molecule has 5 heteroatoms. The zero-order valence-electron chi connectivity index (χ0n) is 13.5. The van der Waals surface area contributed by atoms with E-state index in [2.05, 4.69) is 10.3 Å². The molecule has 0 spiro atoms. The van der Waals surface area contributed by atoms with E-state index in [1.807, 2.05) is 41.3 Å². The number of piperazine rings is 1. The molecule has 0 saturated carbocycles. The summed E-state index contributed by atoms with van der Waals surface area (Å²) < 4.78 is 5.82. The lowest BCUT2D eigenvalue weighted by molar-refractivity contribution is -0.140. The summed E-state index contributed by atoms with van der Waals surface area (Å²) in [6.45, 7) is 2.80. The third kappa shape index (κ3) is 2.87. The summed E-state index contributed by atoms with van der Waals surface area (Å²) in [5, 5.41) is 3.39. The van der Waals surface area contributed by atoms with Crippen molar-refractivity contribution in [3.63, 3.8) is 0 Å². The number of fused-ring (bicyclic) bond motifs is 1. The van der Waals surface area contributed by atoms with E-state index in [0.717, 1.165) is 42.9 Å². The highest BCUT2D eigenvalue weighted by Crippen LogP contribution is 2.30. The predicted molar refractivity (Wildman–Crippen MR) is 90.7 cm³/mol. The third-order valence-corrected chi connectivity index (χ3v) is 4.85. The fourth-order valence-corrected chi connectivity index (χ4v) is 3.57. The molecule has 1 amide bonds. The second kappa shape index (κ2) is 6.61. The zero-order chi connectivity index (χ0) is 16.4. The van der Waals surface area contributed by atoms with E-state index in [0.29, 0.717) is 6.61 Å². The number of nitrogens with one attached hydrogen (secondary N) is 1. The van der Waals surface area contributed by atoms with Crippen LogP contribution in [0.2, 0.25) is 0 Å². The standard InChI is InChI=1S/C19H21N3O2/c23-19(16-11-15-3-1-2-4-18(15)24-13-16)22-10-9-21-12-17(22)14-5-7-20-8-6-14/h1-8,16-17,21H,9-13H2. The van der Waals surface area contributed by atoms with Gasteiger partial charge in [-0.2, -0.15) is 0 Å². The van der Waals surface area contributed by atoms with Gasteiger partial charge in [0.1, 0.15) is 12.4 Å². The van der Waals surface area contributed by atoms with Crippen molar-refractivity contribution in [2.45, 2.75) is 12.5 Å². The Bertz CT molecular complexity index is 720. The molecule has 5 nitrogen and oxygen atoms in total. The van der Waals surface area contributed by atoms with E-state index >= 15 is 0 Å². The average Bonchev–Trinajstić information content (AvgIpc) is 2.68. The van der Waals surface area contributed by atoms with Crippen molar-refractivity contribution in [1.29, 1.82) is 0 Å². The highest BCUT2D eigenvalue weighted by atomic mass is 16.5. The van der Waals surface area contributed by atoms with Gasteiger partial charge in [-0.3, -0.25) is 9.78 Å². The number of carbonyl (C=O) groups is 1. The minimum absolute atomic E-state index is 0.0615. The molecule has 1 fully saturated rings. The molecule has 2 aliphatic heterocycles. The Labute approximate surface area is 141 Å². The van der Waals surface area contributed by atoms with Crippen LogP contribution in [0.3, 0.4) is 0 Å². The van der Waals surface area contributed by atoms with Crippen molar-refractivity contribution in [2.75, 3.05) is 26.2 Å². The number of hydrogen-bond donors (Lipinski definition) is 1. The molecule has 1 aromatic heterocycles. The smallest absolute Gasteiger partial charge is 0.230 e. The van der Waals surface area contributed by atoms with Crippen molar-refractivity contribution in [1.82, 2.24) is 15.2 Å². The summed E-state index contributed by atoms with van der Waals surface area (Å²) in [5.74, 6) is 0.989. The number of benzene rings is 1. The molecule has 2 aliphatic rings. The molecule has 1 saturated heterocycles. The Morgan fingerprint density at radius 2 is 2.04 bits per heavy atom. The molecular weight excluding hydrogens is 302 g/mol. The van der Waals surface area contributed by atoms with Crippen LogP contribution in [0.25, 0.3) is 0 Å². The van der Waals surface area contributed by atoms with Crippen LogP contribution < -0.4 is 10.1 Å².